The van der Waals surface area contributed by atoms with Gasteiger partial charge in [0.25, 0.3) is 6.43 Å². The normalized spacial score (nSPS) is 19.3. The van der Waals surface area contributed by atoms with Gasteiger partial charge in [-0.3, -0.25) is 9.69 Å². The molecule has 33 heavy (non-hydrogen) atoms. The minimum Gasteiger partial charge on any atom is -0.442 e. The van der Waals surface area contributed by atoms with E-state index >= 15 is 0 Å². The van der Waals surface area contributed by atoms with Crippen LogP contribution in [0.15, 0.2) is 18.3 Å². The summed E-state index contributed by atoms with van der Waals surface area (Å²) in [4.78, 5) is 25.8. The van der Waals surface area contributed by atoms with Crippen molar-refractivity contribution in [1.29, 1.82) is 0 Å². The van der Waals surface area contributed by atoms with E-state index in [4.69, 9.17) is 4.74 Å². The van der Waals surface area contributed by atoms with E-state index in [9.17, 15) is 27.2 Å². The molecule has 0 bridgehead atoms. The van der Waals surface area contributed by atoms with E-state index < -0.39 is 36.0 Å². The number of nitrogens with zero attached hydrogens (tertiary/aromatic N) is 5. The summed E-state index contributed by atoms with van der Waals surface area (Å²) in [5, 5.41) is 9.71. The molecule has 0 spiro atoms. The summed E-state index contributed by atoms with van der Waals surface area (Å²) in [6, 6.07) is 1.93. The first kappa shape index (κ1) is 22.8. The summed E-state index contributed by atoms with van der Waals surface area (Å²) < 4.78 is 61.8. The maximum atomic E-state index is 14.9. The smallest absolute Gasteiger partial charge is 0.414 e. The zero-order valence-electron chi connectivity index (χ0n) is 17.7. The fraction of sp³-hybridized carbons (Fsp3) is 0.500. The van der Waals surface area contributed by atoms with Gasteiger partial charge in [-0.15, -0.1) is 5.10 Å². The number of benzene rings is 1. The van der Waals surface area contributed by atoms with Crippen LogP contribution < -0.4 is 15.1 Å². The van der Waals surface area contributed by atoms with Crippen molar-refractivity contribution in [3.8, 4) is 0 Å². The molecule has 9 nitrogen and oxygen atoms in total. The molecule has 2 aliphatic heterocycles. The van der Waals surface area contributed by atoms with Crippen LogP contribution in [0.2, 0.25) is 0 Å². The van der Waals surface area contributed by atoms with Gasteiger partial charge in [-0.25, -0.2) is 27.0 Å². The van der Waals surface area contributed by atoms with Crippen LogP contribution in [0.25, 0.3) is 0 Å². The molecule has 0 unspecified atom stereocenters. The Morgan fingerprint density at radius 3 is 2.48 bits per heavy atom. The Morgan fingerprint density at radius 1 is 1.24 bits per heavy atom. The number of rotatable bonds is 6. The molecule has 1 N–H and O–H groups in total. The van der Waals surface area contributed by atoms with Crippen molar-refractivity contribution in [3.63, 3.8) is 0 Å². The van der Waals surface area contributed by atoms with Crippen LogP contribution in [-0.4, -0.2) is 59.3 Å². The van der Waals surface area contributed by atoms with Crippen molar-refractivity contribution < 1.29 is 31.9 Å². The van der Waals surface area contributed by atoms with Crippen molar-refractivity contribution in [1.82, 2.24) is 20.3 Å². The molecule has 13 heteroatoms. The monoisotopic (exact) mass is 470 g/mol. The standard InChI is InChI=1S/C20H22F4N6O3/c1-11(31)25-8-14-9-29(20(32)33-14)13-6-15(21)18(16(22)7-13)28-4-2-12(3-5-28)30-10-17(19(23)24)26-27-30/h6-7,10,12,14,19H,2-5,8-9H2,1H3,(H,25,31)/t14-/m0/s1. The number of hydrogen-bond acceptors (Lipinski definition) is 6. The number of halogens is 4. The number of alkyl halides is 2. The number of piperidine rings is 1. The van der Waals surface area contributed by atoms with Crippen LogP contribution in [0.1, 0.15) is 37.9 Å². The van der Waals surface area contributed by atoms with E-state index in [2.05, 4.69) is 15.6 Å². The number of aromatic nitrogens is 3. The van der Waals surface area contributed by atoms with Gasteiger partial charge in [-0.05, 0) is 12.8 Å². The van der Waals surface area contributed by atoms with Crippen molar-refractivity contribution in [2.75, 3.05) is 36.0 Å². The summed E-state index contributed by atoms with van der Waals surface area (Å²) in [6.07, 6.45) is -2.03. The van der Waals surface area contributed by atoms with E-state index in [0.717, 1.165) is 17.0 Å². The number of ether oxygens (including phenoxy) is 1. The van der Waals surface area contributed by atoms with Gasteiger partial charge in [0, 0.05) is 32.1 Å². The number of anilines is 2. The third-order valence-electron chi connectivity index (χ3n) is 5.67. The fourth-order valence-corrected chi connectivity index (χ4v) is 4.03. The van der Waals surface area contributed by atoms with Crippen LogP contribution in [0.4, 0.5) is 33.7 Å². The highest BCUT2D eigenvalue weighted by atomic mass is 19.3. The van der Waals surface area contributed by atoms with Gasteiger partial charge >= 0.3 is 6.09 Å². The number of nitrogens with one attached hydrogen (secondary N) is 1. The third-order valence-corrected chi connectivity index (χ3v) is 5.67. The quantitative estimate of drug-likeness (QED) is 0.653. The first-order valence-electron chi connectivity index (χ1n) is 10.4. The van der Waals surface area contributed by atoms with Crippen molar-refractivity contribution in [2.24, 2.45) is 0 Å². The highest BCUT2D eigenvalue weighted by Gasteiger charge is 2.34. The molecule has 3 heterocycles. The maximum Gasteiger partial charge on any atom is 0.414 e. The summed E-state index contributed by atoms with van der Waals surface area (Å²) in [6.45, 7) is 2.04. The zero-order valence-corrected chi connectivity index (χ0v) is 17.7. The number of cyclic esters (lactones) is 1. The molecule has 0 radical (unpaired) electrons. The second-order valence-electron chi connectivity index (χ2n) is 7.95. The molecule has 2 saturated heterocycles. The summed E-state index contributed by atoms with van der Waals surface area (Å²) in [5.41, 5.74) is -0.614. The Kier molecular flexibility index (Phi) is 6.38. The fourth-order valence-electron chi connectivity index (χ4n) is 4.03. The highest BCUT2D eigenvalue weighted by molar-refractivity contribution is 5.90. The lowest BCUT2D eigenvalue weighted by atomic mass is 10.0. The zero-order chi connectivity index (χ0) is 23.7. The average molecular weight is 470 g/mol. The Bertz CT molecular complexity index is 1020. The Morgan fingerprint density at radius 2 is 1.91 bits per heavy atom. The van der Waals surface area contributed by atoms with Crippen LogP contribution in [0, 0.1) is 11.6 Å². The first-order chi connectivity index (χ1) is 15.7. The molecular weight excluding hydrogens is 448 g/mol. The number of hydrogen-bond donors (Lipinski definition) is 1. The third kappa shape index (κ3) is 4.86. The van der Waals surface area contributed by atoms with Gasteiger partial charge in [0.05, 0.1) is 31.0 Å². The molecule has 0 saturated carbocycles. The van der Waals surface area contributed by atoms with E-state index in [0.29, 0.717) is 12.8 Å². The minimum atomic E-state index is -2.71. The van der Waals surface area contributed by atoms with Gasteiger partial charge in [-0.1, -0.05) is 5.21 Å². The van der Waals surface area contributed by atoms with Gasteiger partial charge in [0.2, 0.25) is 5.91 Å². The molecule has 178 valence electrons. The molecule has 2 amide bonds. The number of amides is 2. The average Bonchev–Trinajstić information content (AvgIpc) is 3.39. The van der Waals surface area contributed by atoms with E-state index in [1.165, 1.54) is 22.7 Å². The van der Waals surface area contributed by atoms with Gasteiger partial charge in [-0.2, -0.15) is 0 Å². The van der Waals surface area contributed by atoms with Gasteiger partial charge in [0.1, 0.15) is 17.5 Å². The summed E-state index contributed by atoms with van der Waals surface area (Å²) in [7, 11) is 0. The molecule has 2 aromatic rings. The van der Waals surface area contributed by atoms with Crippen molar-refractivity contribution in [3.05, 3.63) is 35.7 Å². The Labute approximate surface area is 186 Å². The molecule has 1 aromatic carbocycles. The van der Waals surface area contributed by atoms with E-state index in [-0.39, 0.29) is 49.5 Å². The second kappa shape index (κ2) is 9.24. The topological polar surface area (TPSA) is 92.6 Å². The molecule has 2 fully saturated rings. The lowest BCUT2D eigenvalue weighted by Crippen LogP contribution is -2.36. The van der Waals surface area contributed by atoms with Crippen LogP contribution in [0.5, 0.6) is 0 Å². The van der Waals surface area contributed by atoms with E-state index in [1.54, 1.807) is 0 Å². The van der Waals surface area contributed by atoms with Crippen LogP contribution in [-0.2, 0) is 9.53 Å². The number of carbonyl (C=O) groups is 2. The minimum absolute atomic E-state index is 0.0149. The highest BCUT2D eigenvalue weighted by Crippen LogP contribution is 2.34. The SMILES string of the molecule is CC(=O)NC[C@H]1CN(c2cc(F)c(N3CCC(n4cc(C(F)F)nn4)CC3)c(F)c2)C(=O)O1. The molecular formula is C20H22F4N6O3. The van der Waals surface area contributed by atoms with Crippen LogP contribution >= 0.6 is 0 Å². The van der Waals surface area contributed by atoms with Crippen LogP contribution in [0.3, 0.4) is 0 Å². The largest absolute Gasteiger partial charge is 0.442 e. The molecule has 1 aromatic heterocycles. The van der Waals surface area contributed by atoms with E-state index in [1.807, 2.05) is 0 Å². The predicted octanol–water partition coefficient (Wildman–Crippen LogP) is 2.80. The second-order valence-corrected chi connectivity index (χ2v) is 7.95. The van der Waals surface area contributed by atoms with Crippen molar-refractivity contribution in [2.45, 2.75) is 38.3 Å². The Hall–Kier alpha value is -3.38. The van der Waals surface area contributed by atoms with Gasteiger partial charge < -0.3 is 15.0 Å². The maximum absolute atomic E-state index is 14.9. The van der Waals surface area contributed by atoms with Crippen molar-refractivity contribution >= 4 is 23.4 Å². The molecule has 2 aliphatic rings. The molecule has 4 rings (SSSR count). The number of carbonyl (C=O) groups excluding carboxylic acids is 2. The summed E-state index contributed by atoms with van der Waals surface area (Å²) >= 11 is 0. The lowest BCUT2D eigenvalue weighted by molar-refractivity contribution is -0.119. The van der Waals surface area contributed by atoms with Gasteiger partial charge in [0.15, 0.2) is 11.6 Å². The molecule has 0 aliphatic carbocycles. The Balaban J connectivity index is 1.42. The molecule has 1 atom stereocenters. The predicted molar refractivity (Wildman–Crippen MR) is 108 cm³/mol. The first-order valence-corrected chi connectivity index (χ1v) is 10.4. The lowest BCUT2D eigenvalue weighted by Gasteiger charge is -2.34. The summed E-state index contributed by atoms with van der Waals surface area (Å²) in [5.74, 6) is -1.95.